The van der Waals surface area contributed by atoms with E-state index in [1.165, 1.54) is 5.56 Å². The summed E-state index contributed by atoms with van der Waals surface area (Å²) in [5, 5.41) is 19.3. The minimum Gasteiger partial charge on any atom is -0.391 e. The Morgan fingerprint density at radius 2 is 1.70 bits per heavy atom. The molecule has 0 radical (unpaired) electrons. The first kappa shape index (κ1) is 14.0. The number of β-amino-alcohol motifs (C(OH)–C–C–N with tert-alkyl or cyclic N) is 2. The van der Waals surface area contributed by atoms with Crippen LogP contribution in [0.25, 0.3) is 0 Å². The third-order valence-electron chi connectivity index (χ3n) is 4.12. The van der Waals surface area contributed by atoms with Crippen LogP contribution in [0.15, 0.2) is 28.7 Å². The van der Waals surface area contributed by atoms with Crippen molar-refractivity contribution in [1.29, 1.82) is 0 Å². The van der Waals surface area contributed by atoms with Crippen molar-refractivity contribution < 1.29 is 15.0 Å². The zero-order valence-corrected chi connectivity index (χ0v) is 12.7. The van der Waals surface area contributed by atoms with E-state index in [0.717, 1.165) is 10.9 Å². The van der Waals surface area contributed by atoms with Crippen LogP contribution in [-0.4, -0.2) is 46.3 Å². The molecule has 5 heteroatoms. The van der Waals surface area contributed by atoms with E-state index in [1.807, 2.05) is 24.3 Å². The molecule has 1 aromatic rings. The lowest BCUT2D eigenvalue weighted by Gasteiger charge is -2.33. The molecule has 20 heavy (non-hydrogen) atoms. The largest absolute Gasteiger partial charge is 0.391 e. The predicted molar refractivity (Wildman–Crippen MR) is 78.2 cm³/mol. The maximum atomic E-state index is 12.4. The van der Waals surface area contributed by atoms with Gasteiger partial charge in [-0.05, 0) is 30.0 Å². The fourth-order valence-corrected chi connectivity index (χ4v) is 3.27. The third kappa shape index (κ3) is 2.90. The Morgan fingerprint density at radius 1 is 1.10 bits per heavy atom. The Kier molecular flexibility index (Phi) is 3.84. The summed E-state index contributed by atoms with van der Waals surface area (Å²) in [5.41, 5.74) is 1.18. The van der Waals surface area contributed by atoms with E-state index < -0.39 is 12.2 Å². The Bertz CT molecular complexity index is 494. The van der Waals surface area contributed by atoms with Crippen molar-refractivity contribution in [2.24, 2.45) is 5.92 Å². The number of benzene rings is 1. The summed E-state index contributed by atoms with van der Waals surface area (Å²) in [4.78, 5) is 14.0. The number of likely N-dealkylation sites (tertiary alicyclic amines) is 1. The maximum absolute atomic E-state index is 12.4. The molecule has 1 aromatic carbocycles. The maximum Gasteiger partial charge on any atom is 0.226 e. The third-order valence-corrected chi connectivity index (χ3v) is 4.65. The Balaban J connectivity index is 1.63. The van der Waals surface area contributed by atoms with Gasteiger partial charge in [-0.3, -0.25) is 4.79 Å². The van der Waals surface area contributed by atoms with Gasteiger partial charge in [0.15, 0.2) is 0 Å². The van der Waals surface area contributed by atoms with Gasteiger partial charge >= 0.3 is 0 Å². The molecule has 0 spiro atoms. The van der Waals surface area contributed by atoms with E-state index >= 15 is 0 Å². The molecule has 1 heterocycles. The van der Waals surface area contributed by atoms with Gasteiger partial charge in [-0.15, -0.1) is 0 Å². The number of carbonyl (C=O) groups excluding carboxylic acids is 1. The number of piperidine rings is 1. The number of nitrogens with zero attached hydrogens (tertiary/aromatic N) is 1. The van der Waals surface area contributed by atoms with Gasteiger partial charge in [0.25, 0.3) is 0 Å². The lowest BCUT2D eigenvalue weighted by molar-refractivity contribution is -0.139. The Hall–Kier alpha value is -0.910. The summed E-state index contributed by atoms with van der Waals surface area (Å²) >= 11 is 3.40. The molecule has 1 saturated heterocycles. The second-order valence-electron chi connectivity index (χ2n) is 5.79. The highest BCUT2D eigenvalue weighted by Crippen LogP contribution is 2.48. The highest BCUT2D eigenvalue weighted by molar-refractivity contribution is 9.10. The molecule has 2 fully saturated rings. The van der Waals surface area contributed by atoms with E-state index in [9.17, 15) is 15.0 Å². The molecular weight excluding hydrogens is 322 g/mol. The first-order valence-electron chi connectivity index (χ1n) is 6.95. The van der Waals surface area contributed by atoms with Gasteiger partial charge in [0, 0.05) is 29.9 Å². The fourth-order valence-electron chi connectivity index (χ4n) is 3.01. The van der Waals surface area contributed by atoms with Crippen LogP contribution in [-0.2, 0) is 4.79 Å². The van der Waals surface area contributed by atoms with Crippen LogP contribution >= 0.6 is 15.9 Å². The van der Waals surface area contributed by atoms with Gasteiger partial charge in [-0.25, -0.2) is 0 Å². The summed E-state index contributed by atoms with van der Waals surface area (Å²) in [6.45, 7) is 0.693. The molecule has 3 rings (SSSR count). The monoisotopic (exact) mass is 339 g/mol. The van der Waals surface area contributed by atoms with Crippen molar-refractivity contribution in [3.8, 4) is 0 Å². The number of aliphatic hydroxyl groups excluding tert-OH is 2. The average molecular weight is 340 g/mol. The highest BCUT2D eigenvalue weighted by Gasteiger charge is 2.46. The van der Waals surface area contributed by atoms with E-state index in [-0.39, 0.29) is 17.7 Å². The molecule has 0 bridgehead atoms. The number of hydrogen-bond donors (Lipinski definition) is 2. The van der Waals surface area contributed by atoms with Gasteiger partial charge in [0.2, 0.25) is 5.91 Å². The van der Waals surface area contributed by atoms with Gasteiger partial charge < -0.3 is 15.1 Å². The van der Waals surface area contributed by atoms with Crippen LogP contribution in [0.3, 0.4) is 0 Å². The summed E-state index contributed by atoms with van der Waals surface area (Å²) < 4.78 is 1.03. The van der Waals surface area contributed by atoms with E-state index in [1.54, 1.807) is 4.90 Å². The quantitative estimate of drug-likeness (QED) is 0.858. The smallest absolute Gasteiger partial charge is 0.226 e. The zero-order valence-electron chi connectivity index (χ0n) is 11.1. The SMILES string of the molecule is O=C(C1CC1c1ccc(Br)cc1)N1C[C@H](O)C[C@H](O)C1. The molecule has 1 amide bonds. The summed E-state index contributed by atoms with van der Waals surface area (Å²) in [6.07, 6.45) is 0.0217. The van der Waals surface area contributed by atoms with Crippen molar-refractivity contribution in [2.45, 2.75) is 31.0 Å². The molecule has 0 aromatic heterocycles. The minimum absolute atomic E-state index is 0.00803. The molecule has 1 aliphatic carbocycles. The molecule has 108 valence electrons. The molecule has 4 atom stereocenters. The van der Waals surface area contributed by atoms with E-state index in [2.05, 4.69) is 15.9 Å². The summed E-state index contributed by atoms with van der Waals surface area (Å²) in [5.74, 6) is 0.358. The number of amides is 1. The first-order valence-corrected chi connectivity index (χ1v) is 7.74. The second-order valence-corrected chi connectivity index (χ2v) is 6.70. The molecule has 1 saturated carbocycles. The van der Waals surface area contributed by atoms with Crippen molar-refractivity contribution >= 4 is 21.8 Å². The van der Waals surface area contributed by atoms with Crippen LogP contribution in [0.4, 0.5) is 0 Å². The predicted octanol–water partition coefficient (Wildman–Crippen LogP) is 1.51. The molecular formula is C15H18BrNO3. The molecule has 2 N–H and O–H groups in total. The zero-order chi connectivity index (χ0) is 14.3. The summed E-state index contributed by atoms with van der Waals surface area (Å²) in [7, 11) is 0. The van der Waals surface area contributed by atoms with Crippen molar-refractivity contribution in [2.75, 3.05) is 13.1 Å². The molecule has 4 nitrogen and oxygen atoms in total. The highest BCUT2D eigenvalue weighted by atomic mass is 79.9. The minimum atomic E-state index is -0.604. The average Bonchev–Trinajstić information content (AvgIpc) is 3.18. The van der Waals surface area contributed by atoms with Crippen LogP contribution in [0.1, 0.15) is 24.3 Å². The number of hydrogen-bond acceptors (Lipinski definition) is 3. The van der Waals surface area contributed by atoms with Gasteiger partial charge in [-0.2, -0.15) is 0 Å². The van der Waals surface area contributed by atoms with E-state index in [0.29, 0.717) is 19.5 Å². The molecule has 1 aliphatic heterocycles. The number of carbonyl (C=O) groups is 1. The summed E-state index contributed by atoms with van der Waals surface area (Å²) in [6, 6.07) is 8.07. The normalized spacial score (nSPS) is 33.0. The standard InChI is InChI=1S/C15H18BrNO3/c16-10-3-1-9(2-4-10)13-6-14(13)15(20)17-7-11(18)5-12(19)8-17/h1-4,11-14,18-19H,5-8H2/t11-,12+,13?,14?. The van der Waals surface area contributed by atoms with Gasteiger partial charge in [0.05, 0.1) is 12.2 Å². The van der Waals surface area contributed by atoms with Crippen molar-refractivity contribution in [3.63, 3.8) is 0 Å². The van der Waals surface area contributed by atoms with Crippen LogP contribution < -0.4 is 0 Å². The molecule has 2 aliphatic rings. The van der Waals surface area contributed by atoms with Gasteiger partial charge in [-0.1, -0.05) is 28.1 Å². The van der Waals surface area contributed by atoms with Gasteiger partial charge in [0.1, 0.15) is 0 Å². The van der Waals surface area contributed by atoms with Crippen LogP contribution in [0.5, 0.6) is 0 Å². The number of halogens is 1. The van der Waals surface area contributed by atoms with Crippen LogP contribution in [0, 0.1) is 5.92 Å². The second kappa shape index (κ2) is 5.47. The topological polar surface area (TPSA) is 60.8 Å². The lowest BCUT2D eigenvalue weighted by Crippen LogP contribution is -2.49. The number of aliphatic hydroxyl groups is 2. The van der Waals surface area contributed by atoms with Crippen LogP contribution in [0.2, 0.25) is 0 Å². The Morgan fingerprint density at radius 3 is 2.30 bits per heavy atom. The van der Waals surface area contributed by atoms with E-state index in [4.69, 9.17) is 0 Å². The molecule has 2 unspecified atom stereocenters. The van der Waals surface area contributed by atoms with Crippen molar-refractivity contribution in [3.05, 3.63) is 34.3 Å². The van der Waals surface area contributed by atoms with Crippen molar-refractivity contribution in [1.82, 2.24) is 4.90 Å². The fraction of sp³-hybridized carbons (Fsp3) is 0.533. The Labute approximate surface area is 126 Å². The number of rotatable bonds is 2. The lowest BCUT2D eigenvalue weighted by atomic mass is 10.0. The first-order chi connectivity index (χ1) is 9.54.